The van der Waals surface area contributed by atoms with E-state index in [9.17, 15) is 19.5 Å². The first-order chi connectivity index (χ1) is 28.8. The molecule has 1 aliphatic rings. The Morgan fingerprint density at radius 1 is 0.381 bits per heavy atom. The molecule has 0 spiro atoms. The van der Waals surface area contributed by atoms with Crippen LogP contribution in [0.4, 0.5) is 14.4 Å². The molecule has 8 bridgehead atoms. The van der Waals surface area contributed by atoms with Crippen LogP contribution in [0.3, 0.4) is 0 Å². The lowest BCUT2D eigenvalue weighted by Gasteiger charge is -2.29. The second kappa shape index (κ2) is 18.6. The third kappa shape index (κ3) is 11.9. The molecule has 0 saturated heterocycles. The smallest absolute Gasteiger partial charge is 0.285 e. The van der Waals surface area contributed by atoms with Crippen LogP contribution in [0.25, 0.3) is 0 Å². The quantitative estimate of drug-likeness (QED) is 0.181. The number of carbonyl (C=O) groups is 3. The molecule has 3 amide bonds. The molecule has 4 aromatic carbocycles. The van der Waals surface area contributed by atoms with Gasteiger partial charge in [0.15, 0.2) is 0 Å². The summed E-state index contributed by atoms with van der Waals surface area (Å²) in [6.07, 6.45) is 1.72. The van der Waals surface area contributed by atoms with Crippen molar-refractivity contribution >= 4 is 51.0 Å². The first-order valence-corrected chi connectivity index (χ1v) is 24.3. The van der Waals surface area contributed by atoms with E-state index in [1.165, 1.54) is 35.3 Å². The van der Waals surface area contributed by atoms with Gasteiger partial charge < -0.3 is 19.8 Å². The van der Waals surface area contributed by atoms with Gasteiger partial charge in [0.1, 0.15) is 5.75 Å². The maximum absolute atomic E-state index is 14.0. The summed E-state index contributed by atoms with van der Waals surface area (Å²) in [6.45, 7) is 26.5. The van der Waals surface area contributed by atoms with Gasteiger partial charge in [-0.3, -0.25) is 14.4 Å². The number of amides is 3. The van der Waals surface area contributed by atoms with E-state index in [1.807, 2.05) is 0 Å². The maximum atomic E-state index is 14.0. The van der Waals surface area contributed by atoms with Gasteiger partial charge >= 0.3 is 0 Å². The molecule has 0 radical (unpaired) electrons. The fourth-order valence-corrected chi connectivity index (χ4v) is 10.2. The molecule has 0 unspecified atom stereocenters. The Morgan fingerprint density at radius 3 is 0.730 bits per heavy atom. The van der Waals surface area contributed by atoms with Gasteiger partial charge in [0.05, 0.1) is 0 Å². The van der Waals surface area contributed by atoms with Crippen LogP contribution in [0.2, 0.25) is 0 Å². The monoisotopic (exact) mass is 909 g/mol. The molecule has 0 saturated carbocycles. The van der Waals surface area contributed by atoms with Crippen LogP contribution in [-0.4, -0.2) is 77.8 Å². The minimum Gasteiger partial charge on any atom is -0.507 e. The van der Waals surface area contributed by atoms with Gasteiger partial charge in [0.25, 0.3) is 15.7 Å². The van der Waals surface area contributed by atoms with E-state index in [2.05, 4.69) is 132 Å². The molecule has 0 atom stereocenters. The lowest BCUT2D eigenvalue weighted by Crippen LogP contribution is -2.20. The van der Waals surface area contributed by atoms with E-state index in [4.69, 9.17) is 0 Å². The zero-order valence-corrected chi connectivity index (χ0v) is 43.6. The number of carbonyl (C=O) groups excluding carboxylic acids is 3. The zero-order valence-electron chi connectivity index (χ0n) is 41.2. The van der Waals surface area contributed by atoms with Crippen LogP contribution in [-0.2, 0) is 47.3 Å². The van der Waals surface area contributed by atoms with Crippen molar-refractivity contribution < 1.29 is 19.5 Å². The number of benzene rings is 4. The van der Waals surface area contributed by atoms with Gasteiger partial charge in [-0.05, 0) is 137 Å². The summed E-state index contributed by atoms with van der Waals surface area (Å²) in [5, 5.41) is 12.3. The molecule has 1 aliphatic carbocycles. The van der Waals surface area contributed by atoms with Crippen LogP contribution < -0.4 is 0 Å². The number of aromatic hydroxyl groups is 1. The third-order valence-corrected chi connectivity index (χ3v) is 15.5. The Hall–Kier alpha value is -3.86. The molecule has 0 heterocycles. The van der Waals surface area contributed by atoms with Gasteiger partial charge in [0.2, 0.25) is 0 Å². The summed E-state index contributed by atoms with van der Waals surface area (Å²) in [4.78, 5) is 49.2. The first kappa shape index (κ1) is 50.1. The summed E-state index contributed by atoms with van der Waals surface area (Å²) in [5.74, 6) is 0.228. The molecule has 0 fully saturated rings. The van der Waals surface area contributed by atoms with Crippen LogP contribution >= 0.6 is 35.3 Å². The second-order valence-corrected chi connectivity index (χ2v) is 24.9. The molecule has 7 nitrogen and oxygen atoms in total. The van der Waals surface area contributed by atoms with Crippen molar-refractivity contribution in [3.63, 3.8) is 0 Å². The van der Waals surface area contributed by atoms with Crippen LogP contribution in [0.5, 0.6) is 5.75 Å². The largest absolute Gasteiger partial charge is 0.507 e. The molecule has 1 N–H and O–H groups in total. The predicted molar refractivity (Wildman–Crippen MR) is 268 cm³/mol. The second-order valence-electron chi connectivity index (χ2n) is 22.0. The van der Waals surface area contributed by atoms with E-state index >= 15 is 0 Å². The lowest BCUT2D eigenvalue weighted by molar-refractivity contribution is 0.240. The molecule has 0 aromatic heterocycles. The van der Waals surface area contributed by atoms with Crippen molar-refractivity contribution in [1.29, 1.82) is 0 Å². The van der Waals surface area contributed by atoms with Gasteiger partial charge in [-0.25, -0.2) is 0 Å². The summed E-state index contributed by atoms with van der Waals surface area (Å²) in [5.41, 5.74) is 11.1. The standard InChI is InChI=1S/C53H71N3O4S3/c1-50(2,3)39-23-31-19-33-25-40(51(4,5)6)27-35(44(33)61-47(58)54(13)14)21-37-29-42(53(10,11)12)30-38(46(37)63-49(60)56(17)18)22-36-28-41(52(7,8)9)26-34(20-32(24-39)43(31)57)45(36)62-48(59)55(15)16/h23-30,57H,19-22H2,1-18H3. The Bertz CT molecular complexity index is 2280. The number of hydrogen-bond acceptors (Lipinski definition) is 7. The number of thioether (sulfide) groups is 3. The Morgan fingerprint density at radius 2 is 0.556 bits per heavy atom. The fraction of sp³-hybridized carbons (Fsp3) is 0.491. The average Bonchev–Trinajstić information content (AvgIpc) is 3.13. The van der Waals surface area contributed by atoms with Crippen molar-refractivity contribution in [3.8, 4) is 5.75 Å². The number of rotatable bonds is 3. The average molecular weight is 910 g/mol. The lowest BCUT2D eigenvalue weighted by atomic mass is 9.79. The van der Waals surface area contributed by atoms with Crippen molar-refractivity contribution in [1.82, 2.24) is 14.7 Å². The summed E-state index contributed by atoms with van der Waals surface area (Å²) >= 11 is 3.72. The van der Waals surface area contributed by atoms with Crippen LogP contribution in [0.15, 0.2) is 63.2 Å². The number of phenolic OH excluding ortho intramolecular Hbond substituents is 1. The zero-order chi connectivity index (χ0) is 47.3. The third-order valence-electron chi connectivity index (χ3n) is 11.6. The normalized spacial score (nSPS) is 13.4. The molecule has 5 rings (SSSR count). The van der Waals surface area contributed by atoms with Crippen LogP contribution in [0, 0.1) is 0 Å². The molecular weight excluding hydrogens is 839 g/mol. The van der Waals surface area contributed by atoms with E-state index in [0.29, 0.717) is 25.7 Å². The highest BCUT2D eigenvalue weighted by Gasteiger charge is 2.30. The number of hydrogen-bond donors (Lipinski definition) is 1. The van der Waals surface area contributed by atoms with Gasteiger partial charge in [-0.15, -0.1) is 0 Å². The van der Waals surface area contributed by atoms with Crippen molar-refractivity contribution in [2.24, 2.45) is 0 Å². The summed E-state index contributed by atoms with van der Waals surface area (Å²) < 4.78 is 0. The van der Waals surface area contributed by atoms with Crippen molar-refractivity contribution in [2.45, 2.75) is 145 Å². The highest BCUT2D eigenvalue weighted by molar-refractivity contribution is 8.14. The molecule has 10 heteroatoms. The number of phenols is 1. The van der Waals surface area contributed by atoms with Gasteiger partial charge in [-0.2, -0.15) is 0 Å². The minimum atomic E-state index is -0.239. The Labute approximate surface area is 391 Å². The van der Waals surface area contributed by atoms with E-state index in [0.717, 1.165) is 81.4 Å². The van der Waals surface area contributed by atoms with Gasteiger partial charge in [-0.1, -0.05) is 132 Å². The summed E-state index contributed by atoms with van der Waals surface area (Å²) in [7, 11) is 10.7. The van der Waals surface area contributed by atoms with Crippen LogP contribution in [0.1, 0.15) is 150 Å². The van der Waals surface area contributed by atoms with Gasteiger partial charge in [0, 0.05) is 69.8 Å². The number of fused-ring (bicyclic) bond motifs is 8. The molecule has 340 valence electrons. The molecule has 4 aromatic rings. The highest BCUT2D eigenvalue weighted by Crippen LogP contribution is 2.45. The Kier molecular flexibility index (Phi) is 14.8. The molecule has 63 heavy (non-hydrogen) atoms. The van der Waals surface area contributed by atoms with E-state index < -0.39 is 0 Å². The fourth-order valence-electron chi connectivity index (χ4n) is 7.56. The van der Waals surface area contributed by atoms with E-state index in [-0.39, 0.29) is 43.1 Å². The van der Waals surface area contributed by atoms with Crippen molar-refractivity contribution in [3.05, 3.63) is 115 Å². The topological polar surface area (TPSA) is 81.2 Å². The maximum Gasteiger partial charge on any atom is 0.285 e. The summed E-state index contributed by atoms with van der Waals surface area (Å²) in [6, 6.07) is 17.7. The first-order valence-electron chi connectivity index (χ1n) is 21.9. The molecule has 0 aliphatic heterocycles. The van der Waals surface area contributed by atoms with E-state index in [1.54, 1.807) is 57.0 Å². The van der Waals surface area contributed by atoms with Crippen molar-refractivity contribution in [2.75, 3.05) is 42.3 Å². The minimum absolute atomic E-state index is 0.0814. The highest BCUT2D eigenvalue weighted by atomic mass is 32.2. The number of nitrogens with zero attached hydrogens (tertiary/aromatic N) is 3. The predicted octanol–water partition coefficient (Wildman–Crippen LogP) is 13.6. The Balaban J connectivity index is 2.05. The SMILES string of the molecule is CN(C)C(=O)Sc1c2cc(C(C)(C)C)cc1Cc1cc(C(C)(C)C)cc(c1SC(=O)N(C)C)Cc1cc(C(C)(C)C)cc(c1SC(=O)N(C)C)Cc1cc(C(C)(C)C)cc(c1O)C2. The molecular formula is C53H71N3O4S3.